The van der Waals surface area contributed by atoms with E-state index in [1.165, 1.54) is 6.07 Å². The first-order valence-electron chi connectivity index (χ1n) is 9.42. The second-order valence-electron chi connectivity index (χ2n) is 7.52. The topological polar surface area (TPSA) is 66.7 Å². The second kappa shape index (κ2) is 7.20. The molecule has 2 unspecified atom stereocenters. The minimum absolute atomic E-state index is 0.0602. The van der Waals surface area contributed by atoms with Crippen LogP contribution in [0, 0.1) is 12.8 Å². The average Bonchev–Trinajstić information content (AvgIpc) is 3.40. The predicted octanol–water partition coefficient (Wildman–Crippen LogP) is 3.09. The maximum atomic E-state index is 12.9. The third-order valence-corrected chi connectivity index (χ3v) is 5.47. The fourth-order valence-corrected chi connectivity index (χ4v) is 3.77. The van der Waals surface area contributed by atoms with Crippen molar-refractivity contribution < 1.29 is 27.3 Å². The lowest BCUT2D eigenvalue weighted by molar-refractivity contribution is -0.137. The van der Waals surface area contributed by atoms with Gasteiger partial charge in [-0.3, -0.25) is 9.59 Å². The molecule has 2 amide bonds. The van der Waals surface area contributed by atoms with Gasteiger partial charge in [0.25, 0.3) is 5.91 Å². The Morgan fingerprint density at radius 3 is 2.41 bits per heavy atom. The summed E-state index contributed by atoms with van der Waals surface area (Å²) in [5.74, 6) is -0.616. The minimum atomic E-state index is -4.39. The molecule has 0 radical (unpaired) electrons. The Balaban J connectivity index is 1.34. The average molecular weight is 407 g/mol. The van der Waals surface area contributed by atoms with E-state index in [9.17, 15) is 22.8 Å². The van der Waals surface area contributed by atoms with Gasteiger partial charge in [-0.1, -0.05) is 23.4 Å². The lowest BCUT2D eigenvalue weighted by atomic mass is 10.0. The van der Waals surface area contributed by atoms with E-state index in [2.05, 4.69) is 5.16 Å². The highest BCUT2D eigenvalue weighted by atomic mass is 19.4. The smallest absolute Gasteiger partial charge is 0.351 e. The van der Waals surface area contributed by atoms with Crippen LogP contribution in [0.1, 0.15) is 39.7 Å². The number of hydrogen-bond donors (Lipinski definition) is 0. The molecule has 2 heterocycles. The maximum Gasteiger partial charge on any atom is 0.416 e. The van der Waals surface area contributed by atoms with E-state index in [1.54, 1.807) is 28.9 Å². The molecular weight excluding hydrogens is 387 g/mol. The van der Waals surface area contributed by atoms with Crippen molar-refractivity contribution in [2.24, 2.45) is 5.92 Å². The van der Waals surface area contributed by atoms with Crippen LogP contribution in [-0.4, -0.2) is 52.9 Å². The van der Waals surface area contributed by atoms with E-state index < -0.39 is 11.7 Å². The fraction of sp³-hybridized carbons (Fsp3) is 0.450. The van der Waals surface area contributed by atoms with E-state index in [0.717, 1.165) is 12.1 Å². The first-order valence-corrected chi connectivity index (χ1v) is 9.42. The van der Waals surface area contributed by atoms with Gasteiger partial charge in [0.05, 0.1) is 11.3 Å². The second-order valence-corrected chi connectivity index (χ2v) is 7.52. The molecule has 2 fully saturated rings. The molecule has 1 aliphatic heterocycles. The number of carbonyl (C=O) groups is 2. The van der Waals surface area contributed by atoms with Crippen LogP contribution in [0.5, 0.6) is 0 Å². The molecule has 0 bridgehead atoms. The Labute approximate surface area is 165 Å². The summed E-state index contributed by atoms with van der Waals surface area (Å²) in [4.78, 5) is 28.4. The van der Waals surface area contributed by atoms with Gasteiger partial charge in [0.2, 0.25) is 11.7 Å². The number of nitrogens with zero attached hydrogens (tertiary/aromatic N) is 3. The molecule has 1 aromatic heterocycles. The number of hydrogen-bond acceptors (Lipinski definition) is 4. The quantitative estimate of drug-likeness (QED) is 0.784. The Morgan fingerprint density at radius 2 is 1.79 bits per heavy atom. The molecule has 0 spiro atoms. The summed E-state index contributed by atoms with van der Waals surface area (Å²) in [6, 6.07) is 6.77. The van der Waals surface area contributed by atoms with Crippen molar-refractivity contribution in [2.45, 2.75) is 25.4 Å². The number of amides is 2. The number of alkyl halides is 3. The highest BCUT2D eigenvalue weighted by Gasteiger charge is 2.47. The zero-order valence-corrected chi connectivity index (χ0v) is 15.8. The van der Waals surface area contributed by atoms with Gasteiger partial charge in [-0.15, -0.1) is 0 Å². The van der Waals surface area contributed by atoms with E-state index >= 15 is 0 Å². The Hall–Kier alpha value is -2.84. The molecule has 2 atom stereocenters. The van der Waals surface area contributed by atoms with E-state index in [1.807, 2.05) is 0 Å². The molecule has 1 saturated heterocycles. The van der Waals surface area contributed by atoms with Crippen molar-refractivity contribution in [1.82, 2.24) is 15.0 Å². The number of carbonyl (C=O) groups excluding carboxylic acids is 2. The fourth-order valence-electron chi connectivity index (χ4n) is 3.77. The summed E-state index contributed by atoms with van der Waals surface area (Å²) in [5, 5.41) is 3.71. The third kappa shape index (κ3) is 3.99. The van der Waals surface area contributed by atoms with Crippen LogP contribution in [0.4, 0.5) is 13.2 Å². The molecule has 4 rings (SSSR count). The monoisotopic (exact) mass is 407 g/mol. The maximum absolute atomic E-state index is 12.9. The molecule has 1 saturated carbocycles. The van der Waals surface area contributed by atoms with Crippen molar-refractivity contribution >= 4 is 11.8 Å². The molecule has 1 aliphatic carbocycles. The highest BCUT2D eigenvalue weighted by Crippen LogP contribution is 2.49. The SMILES string of the molecule is Cc1cc(C(=O)N2CCN(C(=O)C3CC3c3cccc(C(F)(F)F)c3)CC2)on1. The number of halogens is 3. The zero-order valence-electron chi connectivity index (χ0n) is 15.8. The van der Waals surface area contributed by atoms with Gasteiger partial charge in [0, 0.05) is 38.2 Å². The molecular formula is C20H20F3N3O3. The number of rotatable bonds is 3. The zero-order chi connectivity index (χ0) is 20.8. The van der Waals surface area contributed by atoms with Crippen LogP contribution in [0.2, 0.25) is 0 Å². The first kappa shape index (κ1) is 19.5. The minimum Gasteiger partial charge on any atom is -0.351 e. The summed E-state index contributed by atoms with van der Waals surface area (Å²) < 4.78 is 43.7. The molecule has 1 aromatic carbocycles. The van der Waals surface area contributed by atoms with Gasteiger partial charge < -0.3 is 14.3 Å². The largest absolute Gasteiger partial charge is 0.416 e. The van der Waals surface area contributed by atoms with E-state index in [0.29, 0.717) is 43.9 Å². The number of aryl methyl sites for hydroxylation is 1. The molecule has 154 valence electrons. The number of piperazine rings is 1. The summed E-state index contributed by atoms with van der Waals surface area (Å²) in [6.45, 7) is 3.27. The summed E-state index contributed by atoms with van der Waals surface area (Å²) in [5.41, 5.74) is 0.479. The molecule has 29 heavy (non-hydrogen) atoms. The summed E-state index contributed by atoms with van der Waals surface area (Å²) in [6.07, 6.45) is -3.84. The van der Waals surface area contributed by atoms with Crippen molar-refractivity contribution in [3.05, 3.63) is 52.9 Å². The van der Waals surface area contributed by atoms with Gasteiger partial charge in [-0.25, -0.2) is 0 Å². The predicted molar refractivity (Wildman–Crippen MR) is 96.0 cm³/mol. The van der Waals surface area contributed by atoms with E-state index in [4.69, 9.17) is 4.52 Å². The summed E-state index contributed by atoms with van der Waals surface area (Å²) >= 11 is 0. The lowest BCUT2D eigenvalue weighted by Gasteiger charge is -2.34. The van der Waals surface area contributed by atoms with Crippen LogP contribution in [0.3, 0.4) is 0 Å². The van der Waals surface area contributed by atoms with Gasteiger partial charge >= 0.3 is 6.18 Å². The van der Waals surface area contributed by atoms with Crippen molar-refractivity contribution in [1.29, 1.82) is 0 Å². The van der Waals surface area contributed by atoms with Crippen LogP contribution >= 0.6 is 0 Å². The Bertz CT molecular complexity index is 932. The first-order chi connectivity index (χ1) is 13.7. The van der Waals surface area contributed by atoms with Crippen LogP contribution in [-0.2, 0) is 11.0 Å². The standard InChI is InChI=1S/C20H20F3N3O3/c1-12-9-17(29-24-12)19(28)26-7-5-25(6-8-26)18(27)16-11-15(16)13-3-2-4-14(10-13)20(21,22)23/h2-4,9-10,15-16H,5-8,11H2,1H3. The molecule has 0 N–H and O–H groups in total. The van der Waals surface area contributed by atoms with Gasteiger partial charge in [-0.05, 0) is 30.9 Å². The number of aromatic nitrogens is 1. The van der Waals surface area contributed by atoms with Crippen LogP contribution < -0.4 is 0 Å². The third-order valence-electron chi connectivity index (χ3n) is 5.47. The molecule has 9 heteroatoms. The normalized spacial score (nSPS) is 21.9. The van der Waals surface area contributed by atoms with Crippen molar-refractivity contribution in [3.63, 3.8) is 0 Å². The van der Waals surface area contributed by atoms with Gasteiger partial charge in [-0.2, -0.15) is 13.2 Å². The highest BCUT2D eigenvalue weighted by molar-refractivity contribution is 5.91. The van der Waals surface area contributed by atoms with Crippen molar-refractivity contribution in [2.75, 3.05) is 26.2 Å². The molecule has 2 aliphatic rings. The van der Waals surface area contributed by atoms with Gasteiger partial charge in [0.15, 0.2) is 0 Å². The number of benzene rings is 1. The van der Waals surface area contributed by atoms with Crippen LogP contribution in [0.15, 0.2) is 34.9 Å². The lowest BCUT2D eigenvalue weighted by Crippen LogP contribution is -2.51. The molecule has 6 nitrogen and oxygen atoms in total. The van der Waals surface area contributed by atoms with E-state index in [-0.39, 0.29) is 29.4 Å². The van der Waals surface area contributed by atoms with Gasteiger partial charge in [0.1, 0.15) is 0 Å². The summed E-state index contributed by atoms with van der Waals surface area (Å²) in [7, 11) is 0. The molecule has 2 aromatic rings. The van der Waals surface area contributed by atoms with Crippen molar-refractivity contribution in [3.8, 4) is 0 Å². The Kier molecular flexibility index (Phi) is 4.84. The van der Waals surface area contributed by atoms with Crippen LogP contribution in [0.25, 0.3) is 0 Å². The Morgan fingerprint density at radius 1 is 1.10 bits per heavy atom.